The summed E-state index contributed by atoms with van der Waals surface area (Å²) in [6, 6.07) is 6.86. The summed E-state index contributed by atoms with van der Waals surface area (Å²) in [7, 11) is 0. The molecule has 5 rings (SSSR count). The first-order valence-corrected chi connectivity index (χ1v) is 11.3. The average molecular weight is 438 g/mol. The molecule has 0 unspecified atom stereocenters. The van der Waals surface area contributed by atoms with Gasteiger partial charge < -0.3 is 10.6 Å². The molecule has 3 aromatic rings. The number of imidazole rings is 1. The number of fused-ring (bicyclic) bond motifs is 1. The van der Waals surface area contributed by atoms with Gasteiger partial charge in [-0.05, 0) is 30.9 Å². The molecule has 2 N–H and O–H groups in total. The highest BCUT2D eigenvalue weighted by atomic mass is 32.1. The summed E-state index contributed by atoms with van der Waals surface area (Å²) < 4.78 is 1.97. The van der Waals surface area contributed by atoms with Gasteiger partial charge >= 0.3 is 6.03 Å². The smallest absolute Gasteiger partial charge is 0.325 e. The lowest BCUT2D eigenvalue weighted by molar-refractivity contribution is -0.136. The maximum atomic E-state index is 13.0. The topological polar surface area (TPSA) is 95.8 Å². The van der Waals surface area contributed by atoms with Gasteiger partial charge in [0.15, 0.2) is 4.96 Å². The maximum absolute atomic E-state index is 13.0. The van der Waals surface area contributed by atoms with Crippen molar-refractivity contribution in [3.63, 3.8) is 0 Å². The quantitative estimate of drug-likeness (QED) is 0.611. The van der Waals surface area contributed by atoms with Crippen LogP contribution in [0.25, 0.3) is 16.2 Å². The molecule has 1 aromatic carbocycles. The number of amides is 4. The fourth-order valence-corrected chi connectivity index (χ4v) is 5.27. The molecule has 0 radical (unpaired) electrons. The van der Waals surface area contributed by atoms with Crippen LogP contribution in [-0.2, 0) is 9.59 Å². The standard InChI is InChI=1S/C22H23N5O3S/c1-14-4-2-3-9-22(14)19(29)27(20(30)25-22)13-18(28)23-16-7-5-15(6-8-16)17-12-26-10-11-31-21(26)24-17/h5-8,10-12,14H,2-4,9,13H2,1H3,(H,23,28)(H,25,30)/t14-,22+/m1/s1. The van der Waals surface area contributed by atoms with Crippen LogP contribution in [-0.4, -0.2) is 44.2 Å². The molecule has 9 heteroatoms. The largest absolute Gasteiger partial charge is 0.325 e. The number of urea groups is 1. The lowest BCUT2D eigenvalue weighted by atomic mass is 9.73. The van der Waals surface area contributed by atoms with Gasteiger partial charge in [-0.1, -0.05) is 31.9 Å². The Morgan fingerprint density at radius 1 is 1.29 bits per heavy atom. The first-order valence-electron chi connectivity index (χ1n) is 10.4. The number of imide groups is 1. The molecule has 2 aliphatic rings. The Hall–Kier alpha value is -3.20. The van der Waals surface area contributed by atoms with Crippen molar-refractivity contribution in [2.75, 3.05) is 11.9 Å². The van der Waals surface area contributed by atoms with Crippen LogP contribution < -0.4 is 10.6 Å². The SMILES string of the molecule is C[C@@H]1CCCC[C@]12NC(=O)N(CC(=O)Nc1ccc(-c3cn4ccsc4n3)cc1)C2=O. The second-order valence-electron chi connectivity index (χ2n) is 8.28. The van der Waals surface area contributed by atoms with Crippen molar-refractivity contribution >= 4 is 39.8 Å². The van der Waals surface area contributed by atoms with Crippen molar-refractivity contribution in [3.8, 4) is 11.3 Å². The predicted octanol–water partition coefficient (Wildman–Crippen LogP) is 3.50. The third-order valence-corrected chi connectivity index (χ3v) is 7.13. The van der Waals surface area contributed by atoms with Gasteiger partial charge in [-0.2, -0.15) is 0 Å². The van der Waals surface area contributed by atoms with Gasteiger partial charge in [0.05, 0.1) is 5.69 Å². The summed E-state index contributed by atoms with van der Waals surface area (Å²) in [5.41, 5.74) is 1.55. The minimum atomic E-state index is -0.852. The van der Waals surface area contributed by atoms with Crippen LogP contribution in [0.1, 0.15) is 32.6 Å². The zero-order chi connectivity index (χ0) is 21.6. The van der Waals surface area contributed by atoms with E-state index in [9.17, 15) is 14.4 Å². The second-order valence-corrected chi connectivity index (χ2v) is 9.16. The molecule has 1 spiro atoms. The Bertz CT molecular complexity index is 1140. The Balaban J connectivity index is 1.25. The minimum absolute atomic E-state index is 0.0662. The first-order chi connectivity index (χ1) is 15.0. The van der Waals surface area contributed by atoms with E-state index in [1.165, 1.54) is 0 Å². The highest BCUT2D eigenvalue weighted by Crippen LogP contribution is 2.38. The van der Waals surface area contributed by atoms with E-state index in [1.54, 1.807) is 23.5 Å². The Morgan fingerprint density at radius 3 is 2.84 bits per heavy atom. The minimum Gasteiger partial charge on any atom is -0.325 e. The van der Waals surface area contributed by atoms with Gasteiger partial charge in [0, 0.05) is 29.0 Å². The highest BCUT2D eigenvalue weighted by Gasteiger charge is 2.55. The fraction of sp³-hybridized carbons (Fsp3) is 0.364. The van der Waals surface area contributed by atoms with Gasteiger partial charge in [-0.15, -0.1) is 11.3 Å². The zero-order valence-corrected chi connectivity index (χ0v) is 17.9. The molecule has 8 nitrogen and oxygen atoms in total. The molecule has 2 aromatic heterocycles. The third kappa shape index (κ3) is 3.38. The molecule has 3 heterocycles. The number of carbonyl (C=O) groups excluding carboxylic acids is 3. The summed E-state index contributed by atoms with van der Waals surface area (Å²) in [5, 5.41) is 7.63. The molecule has 160 valence electrons. The van der Waals surface area contributed by atoms with Crippen molar-refractivity contribution in [2.24, 2.45) is 5.92 Å². The molecule has 2 atom stereocenters. The Labute approximate surface area is 183 Å². The van der Waals surface area contributed by atoms with Crippen LogP contribution in [0.15, 0.2) is 42.0 Å². The highest BCUT2D eigenvalue weighted by molar-refractivity contribution is 7.15. The molecular formula is C22H23N5O3S. The van der Waals surface area contributed by atoms with Gasteiger partial charge in [-0.3, -0.25) is 18.9 Å². The third-order valence-electron chi connectivity index (χ3n) is 6.36. The fourth-order valence-electron chi connectivity index (χ4n) is 4.57. The lowest BCUT2D eigenvalue weighted by Crippen LogP contribution is -2.54. The van der Waals surface area contributed by atoms with Crippen LogP contribution in [0.5, 0.6) is 0 Å². The monoisotopic (exact) mass is 437 g/mol. The van der Waals surface area contributed by atoms with E-state index < -0.39 is 17.5 Å². The summed E-state index contributed by atoms with van der Waals surface area (Å²) in [6.45, 7) is 1.70. The maximum Gasteiger partial charge on any atom is 0.325 e. The van der Waals surface area contributed by atoms with E-state index in [2.05, 4.69) is 15.6 Å². The Morgan fingerprint density at radius 2 is 2.10 bits per heavy atom. The van der Waals surface area contributed by atoms with Crippen LogP contribution in [0.4, 0.5) is 10.5 Å². The molecular weight excluding hydrogens is 414 g/mol. The van der Waals surface area contributed by atoms with Gasteiger partial charge in [0.25, 0.3) is 5.91 Å². The molecule has 1 aliphatic carbocycles. The van der Waals surface area contributed by atoms with E-state index in [1.807, 2.05) is 41.2 Å². The number of hydrogen-bond donors (Lipinski definition) is 2. The van der Waals surface area contributed by atoms with Crippen LogP contribution >= 0.6 is 11.3 Å². The number of nitrogens with one attached hydrogen (secondary N) is 2. The summed E-state index contributed by atoms with van der Waals surface area (Å²) in [5.74, 6) is -0.620. The molecule has 1 saturated heterocycles. The van der Waals surface area contributed by atoms with E-state index in [4.69, 9.17) is 0 Å². The molecule has 31 heavy (non-hydrogen) atoms. The first kappa shape index (κ1) is 19.7. The molecule has 0 bridgehead atoms. The number of aromatic nitrogens is 2. The van der Waals surface area contributed by atoms with E-state index >= 15 is 0 Å². The van der Waals surface area contributed by atoms with E-state index in [-0.39, 0.29) is 18.4 Å². The van der Waals surface area contributed by atoms with E-state index in [0.29, 0.717) is 12.1 Å². The number of carbonyl (C=O) groups is 3. The number of benzene rings is 1. The number of rotatable bonds is 4. The lowest BCUT2D eigenvalue weighted by Gasteiger charge is -2.36. The Kier molecular flexibility index (Phi) is 4.77. The molecule has 4 amide bonds. The molecule has 1 aliphatic heterocycles. The summed E-state index contributed by atoms with van der Waals surface area (Å²) >= 11 is 1.57. The number of thiazole rings is 1. The predicted molar refractivity (Wildman–Crippen MR) is 118 cm³/mol. The number of anilines is 1. The van der Waals surface area contributed by atoms with Crippen molar-refractivity contribution in [3.05, 3.63) is 42.0 Å². The van der Waals surface area contributed by atoms with E-state index in [0.717, 1.165) is 40.4 Å². The van der Waals surface area contributed by atoms with Crippen LogP contribution in [0.2, 0.25) is 0 Å². The van der Waals surface area contributed by atoms with Crippen molar-refractivity contribution < 1.29 is 14.4 Å². The van der Waals surface area contributed by atoms with Crippen molar-refractivity contribution in [1.29, 1.82) is 0 Å². The van der Waals surface area contributed by atoms with Crippen molar-refractivity contribution in [1.82, 2.24) is 19.6 Å². The zero-order valence-electron chi connectivity index (χ0n) is 17.1. The number of nitrogens with zero attached hydrogens (tertiary/aromatic N) is 3. The van der Waals surface area contributed by atoms with Crippen LogP contribution in [0, 0.1) is 5.92 Å². The summed E-state index contributed by atoms with van der Waals surface area (Å²) in [6.07, 6.45) is 7.40. The number of hydrogen-bond acceptors (Lipinski definition) is 5. The normalized spacial score (nSPS) is 23.5. The average Bonchev–Trinajstić information content (AvgIpc) is 3.41. The molecule has 1 saturated carbocycles. The second kappa shape index (κ2) is 7.49. The van der Waals surface area contributed by atoms with Gasteiger partial charge in [-0.25, -0.2) is 9.78 Å². The van der Waals surface area contributed by atoms with Crippen molar-refractivity contribution in [2.45, 2.75) is 38.1 Å². The van der Waals surface area contributed by atoms with Gasteiger partial charge in [0.2, 0.25) is 5.91 Å². The summed E-state index contributed by atoms with van der Waals surface area (Å²) in [4.78, 5) is 44.5. The van der Waals surface area contributed by atoms with Gasteiger partial charge in [0.1, 0.15) is 12.1 Å². The molecule has 2 fully saturated rings. The van der Waals surface area contributed by atoms with Crippen LogP contribution in [0.3, 0.4) is 0 Å².